The molecule has 1 saturated carbocycles. The molecule has 0 radical (unpaired) electrons. The highest BCUT2D eigenvalue weighted by Gasteiger charge is 2.49. The molecule has 5 aliphatic rings. The molecule has 6 atom stereocenters. The number of anilines is 3. The Labute approximate surface area is 392 Å². The lowest BCUT2D eigenvalue weighted by atomic mass is 9.80. The summed E-state index contributed by atoms with van der Waals surface area (Å²) in [6.45, 7) is 3.57. The first-order valence-corrected chi connectivity index (χ1v) is 23.6. The standard InChI is InChI=1S/C28H26F2N4O.C27H31N3O2/c1-3-25-21-12-14-34(28(35)32-24-16-20(29)9-10-23(24)30)27(21)22-15-18(8-11-26(22)33(25)2)6-7-19-5-4-13-31-17-19;1-29-24-12-11-19(9-10-20-6-5-14-28-17-20)16-23(24)26-22(25(29)18-31)13-15-30(26)27(32)21-7-3-2-4-8-21/h4-5,8-11,13,15-17,21,25,27H,3,12,14H2,1-2H3,(H,32,35);5-6,11-12,14,16-17,21-22,25-26,31H,2-4,7-8,13,15,18H2,1H3/t21-,25+,27?;22-,25+,26?/m10/s1. The molecule has 2 N–H and O–H groups in total. The van der Waals surface area contributed by atoms with Crippen molar-refractivity contribution in [2.45, 2.75) is 82.5 Å². The smallest absolute Gasteiger partial charge is 0.322 e. The zero-order valence-electron chi connectivity index (χ0n) is 38.3. The number of halogens is 2. The molecule has 3 aromatic carbocycles. The van der Waals surface area contributed by atoms with Crippen LogP contribution in [0.4, 0.5) is 30.6 Å². The van der Waals surface area contributed by atoms with E-state index in [4.69, 9.17) is 0 Å². The van der Waals surface area contributed by atoms with Gasteiger partial charge in [-0.3, -0.25) is 14.8 Å². The Hall–Kier alpha value is -6.76. The fourth-order valence-electron chi connectivity index (χ4n) is 11.4. The normalized spacial score (nSPS) is 22.7. The van der Waals surface area contributed by atoms with Crippen molar-refractivity contribution in [1.29, 1.82) is 0 Å². The topological polar surface area (TPSA) is 105 Å². The number of hydrogen-bond acceptors (Lipinski definition) is 7. The number of aromatic nitrogens is 2. The lowest BCUT2D eigenvalue weighted by Crippen LogP contribution is -2.49. The molecule has 2 unspecified atom stereocenters. The number of carbonyl (C=O) groups excluding carboxylic acids is 2. The minimum absolute atomic E-state index is 0.0212. The third-order valence-corrected chi connectivity index (χ3v) is 14.6. The van der Waals surface area contributed by atoms with E-state index < -0.39 is 17.7 Å². The first-order chi connectivity index (χ1) is 32.6. The van der Waals surface area contributed by atoms with Crippen molar-refractivity contribution in [2.24, 2.45) is 17.8 Å². The highest BCUT2D eigenvalue weighted by molar-refractivity contribution is 5.90. The molecule has 10 rings (SSSR count). The Morgan fingerprint density at radius 2 is 1.24 bits per heavy atom. The summed E-state index contributed by atoms with van der Waals surface area (Å²) in [5.41, 5.74) is 7.68. The number of urea groups is 1. The highest BCUT2D eigenvalue weighted by atomic mass is 19.1. The molecule has 3 amide bonds. The van der Waals surface area contributed by atoms with Crippen LogP contribution in [0.1, 0.15) is 104 Å². The van der Waals surface area contributed by atoms with Gasteiger partial charge in [-0.2, -0.15) is 0 Å². The monoisotopic (exact) mass is 901 g/mol. The molecule has 344 valence electrons. The number of carbonyl (C=O) groups is 2. The molecule has 4 aliphatic heterocycles. The van der Waals surface area contributed by atoms with Crippen molar-refractivity contribution >= 4 is 29.0 Å². The number of likely N-dealkylation sites (tertiary alicyclic amines) is 2. The fraction of sp³-hybridized carbons (Fsp3) is 0.382. The molecule has 6 heterocycles. The number of nitrogens with zero attached hydrogens (tertiary/aromatic N) is 6. The molecule has 10 nitrogen and oxygen atoms in total. The molecule has 5 aromatic rings. The van der Waals surface area contributed by atoms with Crippen LogP contribution in [0.25, 0.3) is 0 Å². The van der Waals surface area contributed by atoms with E-state index >= 15 is 0 Å². The summed E-state index contributed by atoms with van der Waals surface area (Å²) < 4.78 is 27.9. The lowest BCUT2D eigenvalue weighted by Gasteiger charge is -2.45. The van der Waals surface area contributed by atoms with Gasteiger partial charge < -0.3 is 30.0 Å². The third kappa shape index (κ3) is 9.33. The van der Waals surface area contributed by atoms with Crippen LogP contribution in [-0.4, -0.2) is 82.7 Å². The summed E-state index contributed by atoms with van der Waals surface area (Å²) >= 11 is 0. The average molecular weight is 902 g/mol. The summed E-state index contributed by atoms with van der Waals surface area (Å²) in [5.74, 6) is 12.5. The van der Waals surface area contributed by atoms with Crippen molar-refractivity contribution in [3.63, 3.8) is 0 Å². The van der Waals surface area contributed by atoms with Crippen molar-refractivity contribution in [1.82, 2.24) is 19.8 Å². The van der Waals surface area contributed by atoms with E-state index in [1.54, 1.807) is 29.7 Å². The molecular formula is C55H57F2N7O3. The SMILES string of the molecule is CC[C@H]1[C@H]2CCN(C(=O)Nc3cc(F)ccc3F)C2c2cc(C#Cc3cccnc3)ccc2N1C.CN1c2ccc(C#Cc3cccnc3)cc2C2[C@@H](CCN2C(=O)C2CCCCC2)[C@H]1CO. The number of rotatable bonds is 4. The van der Waals surface area contributed by atoms with E-state index in [1.807, 2.05) is 42.5 Å². The largest absolute Gasteiger partial charge is 0.394 e. The Morgan fingerprint density at radius 1 is 0.687 bits per heavy atom. The van der Waals surface area contributed by atoms with Crippen LogP contribution >= 0.6 is 0 Å². The number of pyridine rings is 2. The zero-order valence-corrected chi connectivity index (χ0v) is 38.3. The van der Waals surface area contributed by atoms with E-state index in [1.165, 1.54) is 12.0 Å². The van der Waals surface area contributed by atoms with Gasteiger partial charge >= 0.3 is 6.03 Å². The minimum atomic E-state index is -0.668. The number of aliphatic hydroxyl groups excluding tert-OH is 1. The van der Waals surface area contributed by atoms with E-state index in [2.05, 4.69) is 92.9 Å². The Bertz CT molecular complexity index is 2730. The number of benzene rings is 3. The Morgan fingerprint density at radius 3 is 1.81 bits per heavy atom. The van der Waals surface area contributed by atoms with Crippen LogP contribution in [0, 0.1) is 53.1 Å². The molecule has 0 spiro atoms. The number of nitrogens with one attached hydrogen (secondary N) is 1. The van der Waals surface area contributed by atoms with Gasteiger partial charge in [-0.05, 0) is 116 Å². The van der Waals surface area contributed by atoms with Gasteiger partial charge in [0.2, 0.25) is 5.91 Å². The van der Waals surface area contributed by atoms with E-state index in [0.717, 1.165) is 109 Å². The molecular weight excluding hydrogens is 845 g/mol. The predicted octanol–water partition coefficient (Wildman–Crippen LogP) is 9.35. The molecule has 2 aromatic heterocycles. The summed E-state index contributed by atoms with van der Waals surface area (Å²) in [6, 6.07) is 22.8. The Kier molecular flexibility index (Phi) is 13.5. The predicted molar refractivity (Wildman–Crippen MR) is 257 cm³/mol. The maximum atomic E-state index is 14.2. The summed E-state index contributed by atoms with van der Waals surface area (Å²) in [6.07, 6.45) is 15.2. The second-order valence-electron chi connectivity index (χ2n) is 18.4. The molecule has 1 aliphatic carbocycles. The minimum Gasteiger partial charge on any atom is -0.394 e. The van der Waals surface area contributed by atoms with Gasteiger partial charge in [0.1, 0.15) is 11.6 Å². The van der Waals surface area contributed by atoms with Crippen LogP contribution in [0.3, 0.4) is 0 Å². The first-order valence-electron chi connectivity index (χ1n) is 23.6. The molecule has 12 heteroatoms. The van der Waals surface area contributed by atoms with Gasteiger partial charge in [0.15, 0.2) is 0 Å². The molecule has 2 saturated heterocycles. The second kappa shape index (κ2) is 20.0. The number of aliphatic hydroxyl groups is 1. The van der Waals surface area contributed by atoms with E-state index in [9.17, 15) is 23.5 Å². The lowest BCUT2D eigenvalue weighted by molar-refractivity contribution is -0.138. The molecule has 3 fully saturated rings. The van der Waals surface area contributed by atoms with Crippen molar-refractivity contribution in [3.8, 4) is 23.7 Å². The number of likely N-dealkylation sites (N-methyl/N-ethyl adjacent to an activating group) is 1. The van der Waals surface area contributed by atoms with Crippen LogP contribution in [0.15, 0.2) is 104 Å². The van der Waals surface area contributed by atoms with Crippen LogP contribution in [0.5, 0.6) is 0 Å². The first kappa shape index (κ1) is 45.4. The van der Waals surface area contributed by atoms with Crippen LogP contribution in [0.2, 0.25) is 0 Å². The second-order valence-corrected chi connectivity index (χ2v) is 18.4. The average Bonchev–Trinajstić information content (AvgIpc) is 4.01. The van der Waals surface area contributed by atoms with E-state index in [0.29, 0.717) is 12.5 Å². The van der Waals surface area contributed by atoms with Gasteiger partial charge in [-0.1, -0.05) is 49.9 Å². The highest BCUT2D eigenvalue weighted by Crippen LogP contribution is 2.51. The van der Waals surface area contributed by atoms with Crippen molar-refractivity contribution < 1.29 is 23.5 Å². The van der Waals surface area contributed by atoms with Crippen LogP contribution in [-0.2, 0) is 4.79 Å². The van der Waals surface area contributed by atoms with Crippen molar-refractivity contribution in [3.05, 3.63) is 149 Å². The van der Waals surface area contributed by atoms with Gasteiger partial charge in [0.25, 0.3) is 0 Å². The maximum absolute atomic E-state index is 14.2. The fourth-order valence-corrected chi connectivity index (χ4v) is 11.4. The van der Waals surface area contributed by atoms with Gasteiger partial charge in [0.05, 0.1) is 30.4 Å². The number of amides is 3. The van der Waals surface area contributed by atoms with Crippen molar-refractivity contribution in [2.75, 3.05) is 48.9 Å². The third-order valence-electron chi connectivity index (χ3n) is 14.6. The number of fused-ring (bicyclic) bond motifs is 6. The zero-order chi connectivity index (χ0) is 46.6. The van der Waals surface area contributed by atoms with Gasteiger partial charge in [0, 0.05) is 115 Å². The Balaban J connectivity index is 0.000000169. The maximum Gasteiger partial charge on any atom is 0.322 e. The quantitative estimate of drug-likeness (QED) is 0.173. The number of hydrogen-bond donors (Lipinski definition) is 2. The molecule has 0 bridgehead atoms. The van der Waals surface area contributed by atoms with Gasteiger partial charge in [-0.25, -0.2) is 13.6 Å². The summed E-state index contributed by atoms with van der Waals surface area (Å²) in [4.78, 5) is 43.5. The van der Waals surface area contributed by atoms with Crippen LogP contribution < -0.4 is 15.1 Å². The van der Waals surface area contributed by atoms with E-state index in [-0.39, 0.29) is 54.2 Å². The molecule has 67 heavy (non-hydrogen) atoms. The summed E-state index contributed by atoms with van der Waals surface area (Å²) in [5, 5.41) is 12.8. The summed E-state index contributed by atoms with van der Waals surface area (Å²) in [7, 11) is 4.15. The van der Waals surface area contributed by atoms with Gasteiger partial charge in [-0.15, -0.1) is 0 Å².